The summed E-state index contributed by atoms with van der Waals surface area (Å²) in [6.45, 7) is 9.84. The number of nitrogens with one attached hydrogen (secondary N) is 1. The summed E-state index contributed by atoms with van der Waals surface area (Å²) in [4.78, 5) is 18.8. The van der Waals surface area contributed by atoms with Crippen molar-refractivity contribution in [1.29, 1.82) is 0 Å². The van der Waals surface area contributed by atoms with Crippen LogP contribution in [0.3, 0.4) is 0 Å². The Bertz CT molecular complexity index is 1400. The molecule has 1 N–H and O–H groups in total. The Morgan fingerprint density at radius 1 is 1.00 bits per heavy atom. The van der Waals surface area contributed by atoms with Crippen molar-refractivity contribution in [2.75, 3.05) is 0 Å². The number of nitrogens with zero attached hydrogens (tertiary/aromatic N) is 5. The van der Waals surface area contributed by atoms with Crippen molar-refractivity contribution < 1.29 is 0 Å². The molecule has 5 rings (SSSR count). The SMILES string of the molecule is Cc1cc2cc(CN(Cc3ccccc3)C(c3nnnn3C3CCCCC3)C(C)C)c(=O)[nH]c2cc1C. The maximum Gasteiger partial charge on any atom is 0.252 e. The first-order valence-electron chi connectivity index (χ1n) is 13.6. The second-order valence-corrected chi connectivity index (χ2v) is 11.0. The molecule has 7 nitrogen and oxygen atoms in total. The standard InChI is InChI=1S/C30H38N6O/c1-20(2)28(29-32-33-34-36(29)26-13-9-6-10-14-26)35(18-23-11-7-5-8-12-23)19-25-17-24-15-21(3)22(4)16-27(24)31-30(25)37/h5,7-8,11-12,15-17,20,26,28H,6,9-10,13-14,18-19H2,1-4H3,(H,31,37). The lowest BCUT2D eigenvalue weighted by molar-refractivity contribution is 0.121. The highest BCUT2D eigenvalue weighted by Gasteiger charge is 2.32. The summed E-state index contributed by atoms with van der Waals surface area (Å²) >= 11 is 0. The minimum absolute atomic E-state index is 0.0352. The van der Waals surface area contributed by atoms with E-state index in [1.165, 1.54) is 36.0 Å². The molecule has 1 saturated carbocycles. The summed E-state index contributed by atoms with van der Waals surface area (Å²) in [6, 6.07) is 17.0. The number of rotatable bonds is 8. The Morgan fingerprint density at radius 2 is 1.73 bits per heavy atom. The zero-order valence-electron chi connectivity index (χ0n) is 22.4. The fraction of sp³-hybridized carbons (Fsp3) is 0.467. The molecule has 0 spiro atoms. The fourth-order valence-electron chi connectivity index (χ4n) is 5.79. The largest absolute Gasteiger partial charge is 0.322 e. The van der Waals surface area contributed by atoms with Gasteiger partial charge in [-0.2, -0.15) is 0 Å². The lowest BCUT2D eigenvalue weighted by Crippen LogP contribution is -2.36. The average molecular weight is 499 g/mol. The average Bonchev–Trinajstić information content (AvgIpc) is 3.36. The molecule has 1 unspecified atom stereocenters. The van der Waals surface area contributed by atoms with E-state index in [2.05, 4.69) is 100 Å². The number of aryl methyl sites for hydroxylation is 2. The second kappa shape index (κ2) is 11.0. The van der Waals surface area contributed by atoms with Gasteiger partial charge in [0.2, 0.25) is 0 Å². The van der Waals surface area contributed by atoms with Crippen molar-refractivity contribution >= 4 is 10.9 Å². The number of fused-ring (bicyclic) bond motifs is 1. The smallest absolute Gasteiger partial charge is 0.252 e. The van der Waals surface area contributed by atoms with Crippen LogP contribution in [0, 0.1) is 19.8 Å². The van der Waals surface area contributed by atoms with Crippen LogP contribution in [0.25, 0.3) is 10.9 Å². The first kappa shape index (κ1) is 25.3. The predicted molar refractivity (Wildman–Crippen MR) is 147 cm³/mol. The Kier molecular flexibility index (Phi) is 7.51. The number of aromatic amines is 1. The van der Waals surface area contributed by atoms with E-state index >= 15 is 0 Å². The minimum atomic E-state index is -0.0387. The molecule has 7 heteroatoms. The van der Waals surface area contributed by atoms with Gasteiger partial charge in [0, 0.05) is 24.2 Å². The van der Waals surface area contributed by atoms with Gasteiger partial charge < -0.3 is 4.98 Å². The lowest BCUT2D eigenvalue weighted by atomic mass is 9.94. The van der Waals surface area contributed by atoms with E-state index in [9.17, 15) is 4.79 Å². The number of aromatic nitrogens is 5. The number of tetrazole rings is 1. The van der Waals surface area contributed by atoms with Gasteiger partial charge in [-0.05, 0) is 83.3 Å². The number of hydrogen-bond donors (Lipinski definition) is 1. The Labute approximate surface area is 218 Å². The molecule has 4 aromatic rings. The number of H-pyrrole nitrogens is 1. The van der Waals surface area contributed by atoms with Crippen molar-refractivity contribution in [3.05, 3.63) is 87.0 Å². The highest BCUT2D eigenvalue weighted by Crippen LogP contribution is 2.34. The number of hydrogen-bond acceptors (Lipinski definition) is 5. The molecule has 1 fully saturated rings. The van der Waals surface area contributed by atoms with Crippen LogP contribution in [-0.4, -0.2) is 30.1 Å². The molecule has 1 aliphatic rings. The van der Waals surface area contributed by atoms with Gasteiger partial charge in [-0.1, -0.05) is 63.4 Å². The summed E-state index contributed by atoms with van der Waals surface area (Å²) in [5.74, 6) is 1.16. The molecule has 0 radical (unpaired) electrons. The monoisotopic (exact) mass is 498 g/mol. The predicted octanol–water partition coefficient (Wildman–Crippen LogP) is 6.04. The van der Waals surface area contributed by atoms with Crippen molar-refractivity contribution in [2.45, 2.75) is 85.0 Å². The molecular formula is C30H38N6O. The maximum atomic E-state index is 13.3. The van der Waals surface area contributed by atoms with Crippen LogP contribution in [0.1, 0.15) is 86.1 Å². The van der Waals surface area contributed by atoms with Gasteiger partial charge in [0.15, 0.2) is 5.82 Å². The van der Waals surface area contributed by atoms with E-state index in [1.54, 1.807) is 0 Å². The van der Waals surface area contributed by atoms with Gasteiger partial charge in [-0.15, -0.1) is 5.10 Å². The lowest BCUT2D eigenvalue weighted by Gasteiger charge is -2.35. The fourth-order valence-corrected chi connectivity index (χ4v) is 5.79. The Hall–Kier alpha value is -3.32. The van der Waals surface area contributed by atoms with Crippen molar-refractivity contribution in [3.8, 4) is 0 Å². The normalized spacial score (nSPS) is 15.6. The third-order valence-electron chi connectivity index (χ3n) is 7.87. The molecule has 2 aromatic heterocycles. The molecule has 194 valence electrons. The highest BCUT2D eigenvalue weighted by molar-refractivity contribution is 5.80. The van der Waals surface area contributed by atoms with Crippen molar-refractivity contribution in [2.24, 2.45) is 5.92 Å². The van der Waals surface area contributed by atoms with Crippen LogP contribution in [0.15, 0.2) is 53.3 Å². The summed E-state index contributed by atoms with van der Waals surface area (Å²) in [5.41, 5.74) is 5.20. The van der Waals surface area contributed by atoms with Gasteiger partial charge >= 0.3 is 0 Å². The van der Waals surface area contributed by atoms with E-state index in [4.69, 9.17) is 0 Å². The third kappa shape index (κ3) is 5.52. The molecule has 2 aromatic carbocycles. The quantitative estimate of drug-likeness (QED) is 0.321. The first-order valence-corrected chi connectivity index (χ1v) is 13.6. The third-order valence-corrected chi connectivity index (χ3v) is 7.87. The molecule has 37 heavy (non-hydrogen) atoms. The maximum absolute atomic E-state index is 13.3. The topological polar surface area (TPSA) is 79.7 Å². The zero-order valence-corrected chi connectivity index (χ0v) is 22.4. The number of pyridine rings is 1. The van der Waals surface area contributed by atoms with E-state index in [1.807, 2.05) is 6.07 Å². The molecule has 1 atom stereocenters. The summed E-state index contributed by atoms with van der Waals surface area (Å²) in [6.07, 6.45) is 5.95. The van der Waals surface area contributed by atoms with Crippen molar-refractivity contribution in [3.63, 3.8) is 0 Å². The van der Waals surface area contributed by atoms with Crippen LogP contribution in [0.2, 0.25) is 0 Å². The van der Waals surface area contributed by atoms with Gasteiger partial charge in [0.1, 0.15) is 0 Å². The second-order valence-electron chi connectivity index (χ2n) is 11.0. The Morgan fingerprint density at radius 3 is 2.46 bits per heavy atom. The van der Waals surface area contributed by atoms with E-state index in [0.29, 0.717) is 19.1 Å². The van der Waals surface area contributed by atoms with Gasteiger partial charge in [0.05, 0.1) is 12.1 Å². The molecule has 0 aliphatic heterocycles. The molecule has 0 saturated heterocycles. The minimum Gasteiger partial charge on any atom is -0.322 e. The molecule has 2 heterocycles. The Balaban J connectivity index is 1.56. The highest BCUT2D eigenvalue weighted by atomic mass is 16.1. The number of benzene rings is 2. The van der Waals surface area contributed by atoms with Crippen LogP contribution >= 0.6 is 0 Å². The van der Waals surface area contributed by atoms with Crippen LogP contribution in [0.4, 0.5) is 0 Å². The van der Waals surface area contributed by atoms with Crippen LogP contribution in [-0.2, 0) is 13.1 Å². The van der Waals surface area contributed by atoms with E-state index < -0.39 is 0 Å². The van der Waals surface area contributed by atoms with E-state index in [-0.39, 0.29) is 17.5 Å². The van der Waals surface area contributed by atoms with Gasteiger partial charge in [-0.25, -0.2) is 4.68 Å². The van der Waals surface area contributed by atoms with Crippen molar-refractivity contribution in [1.82, 2.24) is 30.1 Å². The molecule has 0 bridgehead atoms. The molecule has 0 amide bonds. The van der Waals surface area contributed by atoms with E-state index in [0.717, 1.165) is 35.1 Å². The van der Waals surface area contributed by atoms with Gasteiger partial charge in [0.25, 0.3) is 5.56 Å². The summed E-state index contributed by atoms with van der Waals surface area (Å²) in [5, 5.41) is 14.3. The zero-order chi connectivity index (χ0) is 25.9. The molecular weight excluding hydrogens is 460 g/mol. The first-order chi connectivity index (χ1) is 17.9. The summed E-state index contributed by atoms with van der Waals surface area (Å²) < 4.78 is 2.08. The van der Waals surface area contributed by atoms with Gasteiger partial charge in [-0.3, -0.25) is 9.69 Å². The summed E-state index contributed by atoms with van der Waals surface area (Å²) in [7, 11) is 0. The molecule has 1 aliphatic carbocycles. The van der Waals surface area contributed by atoms with Crippen LogP contribution < -0.4 is 5.56 Å². The van der Waals surface area contributed by atoms with Crippen LogP contribution in [0.5, 0.6) is 0 Å².